The summed E-state index contributed by atoms with van der Waals surface area (Å²) in [6.07, 6.45) is -15.3. The van der Waals surface area contributed by atoms with Crippen LogP contribution in [0.3, 0.4) is 0 Å². The molecule has 7 nitrogen and oxygen atoms in total. The van der Waals surface area contributed by atoms with Gasteiger partial charge in [-0.3, -0.25) is 0 Å². The molecule has 0 heterocycles. The van der Waals surface area contributed by atoms with Crippen LogP contribution < -0.4 is 0 Å². The van der Waals surface area contributed by atoms with Gasteiger partial charge in [-0.05, 0) is 0 Å². The Hall–Kier alpha value is -0.676. The van der Waals surface area contributed by atoms with Crippen LogP contribution in [0.25, 0.3) is 0 Å². The van der Waals surface area contributed by atoms with Crippen LogP contribution in [0, 0.1) is 49.4 Å². The molecule has 0 aromatic heterocycles. The van der Waals surface area contributed by atoms with Crippen LogP contribution >= 0.6 is 0 Å². The maximum absolute atomic E-state index is 10.6. The van der Waals surface area contributed by atoms with E-state index in [-0.39, 0.29) is 54.9 Å². The first-order valence-electron chi connectivity index (χ1n) is 3.73. The SMILES string of the molecule is O.O=C(O)C(F)(F)F.O=C(O)C(F)(F)F.O=C(O)C(F)(F)F.[Eu]. The summed E-state index contributed by atoms with van der Waals surface area (Å²) in [6.45, 7) is 0. The molecule has 0 saturated heterocycles. The van der Waals surface area contributed by atoms with Crippen molar-refractivity contribution in [2.45, 2.75) is 18.5 Å². The van der Waals surface area contributed by atoms with E-state index in [1.54, 1.807) is 0 Å². The first-order chi connectivity index (χ1) is 8.83. The van der Waals surface area contributed by atoms with E-state index in [0.29, 0.717) is 0 Å². The van der Waals surface area contributed by atoms with Crippen LogP contribution in [0.5, 0.6) is 0 Å². The van der Waals surface area contributed by atoms with Gasteiger partial charge in [0.25, 0.3) is 0 Å². The molecule has 0 aliphatic rings. The molecule has 23 heavy (non-hydrogen) atoms. The van der Waals surface area contributed by atoms with Gasteiger partial charge < -0.3 is 20.8 Å². The quantitative estimate of drug-likeness (QED) is 0.415. The summed E-state index contributed by atoms with van der Waals surface area (Å²) in [5, 5.41) is 21.4. The minimum absolute atomic E-state index is 0. The van der Waals surface area contributed by atoms with Gasteiger partial charge in [-0.15, -0.1) is 0 Å². The van der Waals surface area contributed by atoms with Crippen LogP contribution in [-0.4, -0.2) is 57.2 Å². The Balaban J connectivity index is -0.0000000675. The van der Waals surface area contributed by atoms with Gasteiger partial charge >= 0.3 is 36.4 Å². The molecule has 0 spiro atoms. The van der Waals surface area contributed by atoms with E-state index < -0.39 is 36.4 Å². The average molecular weight is 512 g/mol. The van der Waals surface area contributed by atoms with E-state index in [1.165, 1.54) is 0 Å². The summed E-state index contributed by atoms with van der Waals surface area (Å²) in [5.74, 6) is -8.27. The first-order valence-corrected chi connectivity index (χ1v) is 3.73. The van der Waals surface area contributed by atoms with Gasteiger partial charge in [0.05, 0.1) is 0 Å². The summed E-state index contributed by atoms with van der Waals surface area (Å²) in [5.41, 5.74) is 0. The summed E-state index contributed by atoms with van der Waals surface area (Å²) in [4.78, 5) is 26.7. The van der Waals surface area contributed by atoms with Crippen molar-refractivity contribution in [3.8, 4) is 0 Å². The Morgan fingerprint density at radius 1 is 0.522 bits per heavy atom. The molecule has 17 heteroatoms. The molecule has 5 N–H and O–H groups in total. The van der Waals surface area contributed by atoms with Gasteiger partial charge in [0.15, 0.2) is 0 Å². The fraction of sp³-hybridized carbons (Fsp3) is 0.500. The predicted molar refractivity (Wildman–Crippen MR) is 44.7 cm³/mol. The average Bonchev–Trinajstić information content (AvgIpc) is 2.14. The van der Waals surface area contributed by atoms with Gasteiger partial charge in [0, 0.05) is 49.4 Å². The van der Waals surface area contributed by atoms with Crippen molar-refractivity contribution < 1.29 is 124 Å². The number of carbonyl (C=O) groups is 3. The molecule has 0 unspecified atom stereocenters. The standard InChI is InChI=1S/3C2HF3O2.Eu.H2O/c3*3-2(4,5)1(6)7;;/h3*(H,6,7);;1H2. The van der Waals surface area contributed by atoms with E-state index in [4.69, 9.17) is 29.7 Å². The summed E-state index contributed by atoms with van der Waals surface area (Å²) in [7, 11) is 0. The number of hydrogen-bond acceptors (Lipinski definition) is 3. The van der Waals surface area contributed by atoms with Crippen LogP contribution in [0.4, 0.5) is 39.5 Å². The zero-order valence-corrected chi connectivity index (χ0v) is 12.3. The molecular formula is C6H5EuF9O7. The van der Waals surface area contributed by atoms with Crippen molar-refractivity contribution in [3.05, 3.63) is 0 Å². The summed E-state index contributed by atoms with van der Waals surface area (Å²) in [6, 6.07) is 0. The van der Waals surface area contributed by atoms with Crippen molar-refractivity contribution in [1.29, 1.82) is 0 Å². The van der Waals surface area contributed by atoms with Crippen LogP contribution in [0.15, 0.2) is 0 Å². The normalized spacial score (nSPS) is 10.3. The largest absolute Gasteiger partial charge is 0.490 e. The van der Waals surface area contributed by atoms with E-state index in [9.17, 15) is 39.5 Å². The molecule has 0 bridgehead atoms. The number of rotatable bonds is 0. The fourth-order valence-electron chi connectivity index (χ4n) is 0. The second-order valence-corrected chi connectivity index (χ2v) is 2.41. The topological polar surface area (TPSA) is 143 Å². The van der Waals surface area contributed by atoms with Gasteiger partial charge in [-0.25, -0.2) is 14.4 Å². The van der Waals surface area contributed by atoms with E-state index >= 15 is 0 Å². The maximum atomic E-state index is 10.6. The van der Waals surface area contributed by atoms with Gasteiger partial charge in [-0.2, -0.15) is 39.5 Å². The third-order valence-corrected chi connectivity index (χ3v) is 0.728. The zero-order chi connectivity index (χ0) is 18.2. The monoisotopic (exact) mass is 513 g/mol. The predicted octanol–water partition coefficient (Wildman–Crippen LogP) is 1.08. The molecule has 141 valence electrons. The van der Waals surface area contributed by atoms with E-state index in [0.717, 1.165) is 0 Å². The second-order valence-electron chi connectivity index (χ2n) is 2.41. The van der Waals surface area contributed by atoms with Crippen molar-refractivity contribution in [3.63, 3.8) is 0 Å². The van der Waals surface area contributed by atoms with Crippen molar-refractivity contribution in [2.75, 3.05) is 0 Å². The van der Waals surface area contributed by atoms with E-state index in [1.807, 2.05) is 0 Å². The molecule has 0 aliphatic heterocycles. The Morgan fingerprint density at radius 2 is 0.565 bits per heavy atom. The Bertz CT molecular complexity index is 315. The summed E-state index contributed by atoms with van der Waals surface area (Å²) >= 11 is 0. The maximum Gasteiger partial charge on any atom is 0.490 e. The van der Waals surface area contributed by atoms with Crippen molar-refractivity contribution in [1.82, 2.24) is 0 Å². The minimum Gasteiger partial charge on any atom is -0.475 e. The zero-order valence-electron chi connectivity index (χ0n) is 9.85. The van der Waals surface area contributed by atoms with Gasteiger partial charge in [0.2, 0.25) is 0 Å². The number of aliphatic carboxylic acids is 3. The van der Waals surface area contributed by atoms with E-state index in [2.05, 4.69) is 0 Å². The number of alkyl halides is 9. The van der Waals surface area contributed by atoms with Crippen molar-refractivity contribution >= 4 is 17.9 Å². The van der Waals surface area contributed by atoms with Crippen LogP contribution in [0.1, 0.15) is 0 Å². The molecule has 0 aromatic carbocycles. The fourth-order valence-corrected chi connectivity index (χ4v) is 0. The first kappa shape index (κ1) is 33.8. The molecule has 0 atom stereocenters. The van der Waals surface area contributed by atoms with Crippen LogP contribution in [0.2, 0.25) is 0 Å². The Kier molecular flexibility index (Phi) is 18.7. The molecule has 0 rings (SSSR count). The number of carboxylic acids is 3. The summed E-state index contributed by atoms with van der Waals surface area (Å²) < 4.78 is 95.2. The molecule has 0 saturated carbocycles. The number of halogens is 9. The molecule has 0 amide bonds. The third kappa shape index (κ3) is 26.5. The molecule has 0 aliphatic carbocycles. The smallest absolute Gasteiger partial charge is 0.475 e. The second kappa shape index (κ2) is 12.7. The molecular weight excluding hydrogens is 507 g/mol. The molecule has 1 radical (unpaired) electrons. The van der Waals surface area contributed by atoms with Crippen molar-refractivity contribution in [2.24, 2.45) is 0 Å². The third-order valence-electron chi connectivity index (χ3n) is 0.728. The number of carboxylic acid groups (broad SMARTS) is 3. The van der Waals surface area contributed by atoms with Crippen LogP contribution in [-0.2, 0) is 14.4 Å². The van der Waals surface area contributed by atoms with Gasteiger partial charge in [0.1, 0.15) is 0 Å². The molecule has 0 aromatic rings. The molecule has 0 fully saturated rings. The number of hydrogen-bond donors (Lipinski definition) is 3. The van der Waals surface area contributed by atoms with Gasteiger partial charge in [-0.1, -0.05) is 0 Å². The Labute approximate surface area is 159 Å². The Morgan fingerprint density at radius 3 is 0.565 bits per heavy atom. The minimum atomic E-state index is -5.08.